The van der Waals surface area contributed by atoms with Gasteiger partial charge in [-0.05, 0) is 50.1 Å². The number of aliphatic hydroxyl groups is 1. The van der Waals surface area contributed by atoms with E-state index in [9.17, 15) is 9.90 Å². The van der Waals surface area contributed by atoms with Crippen LogP contribution in [0.2, 0.25) is 5.02 Å². The third-order valence-corrected chi connectivity index (χ3v) is 4.00. The predicted octanol–water partition coefficient (Wildman–Crippen LogP) is 2.42. The van der Waals surface area contributed by atoms with Crippen molar-refractivity contribution >= 4 is 23.3 Å². The van der Waals surface area contributed by atoms with Crippen molar-refractivity contribution < 1.29 is 14.6 Å². The number of nitrogen functional groups attached to an aromatic ring is 1. The quantitative estimate of drug-likeness (QED) is 0.368. The Labute approximate surface area is 157 Å². The van der Waals surface area contributed by atoms with Crippen LogP contribution in [0.5, 0.6) is 0 Å². The Morgan fingerprint density at radius 3 is 2.38 bits per heavy atom. The minimum Gasteiger partial charge on any atom is -0.457 e. The number of benzene rings is 2. The summed E-state index contributed by atoms with van der Waals surface area (Å²) in [5, 5.41) is 11.1. The zero-order valence-corrected chi connectivity index (χ0v) is 15.7. The molecule has 0 aromatic heterocycles. The van der Waals surface area contributed by atoms with Crippen LogP contribution in [0.4, 0.5) is 5.69 Å². The first-order valence-electron chi connectivity index (χ1n) is 8.06. The van der Waals surface area contributed by atoms with Gasteiger partial charge in [-0.15, -0.1) is 0 Å². The Morgan fingerprint density at radius 1 is 1.15 bits per heavy atom. The van der Waals surface area contributed by atoms with Crippen molar-refractivity contribution in [3.63, 3.8) is 0 Å². The van der Waals surface area contributed by atoms with Crippen LogP contribution in [0.1, 0.15) is 43.6 Å². The van der Waals surface area contributed by atoms with Gasteiger partial charge in [0.2, 0.25) is 0 Å². The van der Waals surface area contributed by atoms with E-state index in [2.05, 4.69) is 0 Å². The van der Waals surface area contributed by atoms with Crippen molar-refractivity contribution in [1.82, 2.24) is 0 Å². The smallest absolute Gasteiger partial charge is 0.346 e. The molecule has 0 aliphatic rings. The van der Waals surface area contributed by atoms with Crippen LogP contribution < -0.4 is 17.2 Å². The minimum absolute atomic E-state index is 0.316. The van der Waals surface area contributed by atoms with Crippen LogP contribution >= 0.6 is 11.6 Å². The van der Waals surface area contributed by atoms with Gasteiger partial charge in [0.05, 0.1) is 0 Å². The van der Waals surface area contributed by atoms with Crippen molar-refractivity contribution in [2.24, 2.45) is 11.5 Å². The molecule has 0 fully saturated rings. The van der Waals surface area contributed by atoms with Gasteiger partial charge in [0, 0.05) is 16.3 Å². The monoisotopic (exact) mass is 377 g/mol. The van der Waals surface area contributed by atoms with E-state index in [0.717, 1.165) is 0 Å². The molecule has 0 radical (unpaired) electrons. The molecule has 26 heavy (non-hydrogen) atoms. The molecule has 2 rings (SSSR count). The lowest BCUT2D eigenvalue weighted by Gasteiger charge is -2.29. The summed E-state index contributed by atoms with van der Waals surface area (Å²) in [6, 6.07) is 11.3. The summed E-state index contributed by atoms with van der Waals surface area (Å²) in [6.45, 7) is 5.18. The van der Waals surface area contributed by atoms with Crippen molar-refractivity contribution in [2.45, 2.75) is 38.1 Å². The second kappa shape index (κ2) is 7.25. The number of rotatable bonds is 4. The van der Waals surface area contributed by atoms with E-state index >= 15 is 0 Å². The van der Waals surface area contributed by atoms with Gasteiger partial charge in [-0.3, -0.25) is 0 Å². The lowest BCUT2D eigenvalue weighted by molar-refractivity contribution is -0.162. The van der Waals surface area contributed by atoms with Gasteiger partial charge in [0.15, 0.2) is 5.66 Å². The lowest BCUT2D eigenvalue weighted by Crippen LogP contribution is -2.55. The number of nitrogens with two attached hydrogens (primary N) is 3. The van der Waals surface area contributed by atoms with Crippen LogP contribution in [-0.2, 0) is 15.2 Å². The van der Waals surface area contributed by atoms with Crippen molar-refractivity contribution in [3.8, 4) is 0 Å². The molecule has 7 N–H and O–H groups in total. The number of ether oxygens (including phenoxy) is 1. The summed E-state index contributed by atoms with van der Waals surface area (Å²) in [5.74, 6) is -0.761. The highest BCUT2D eigenvalue weighted by Crippen LogP contribution is 2.30. The average molecular weight is 378 g/mol. The van der Waals surface area contributed by atoms with Gasteiger partial charge in [0.1, 0.15) is 11.7 Å². The number of hydrogen-bond acceptors (Lipinski definition) is 6. The number of aliphatic hydroxyl groups excluding tert-OH is 1. The molecule has 7 heteroatoms. The molecule has 0 saturated heterocycles. The summed E-state index contributed by atoms with van der Waals surface area (Å²) in [4.78, 5) is 12.4. The van der Waals surface area contributed by atoms with Crippen LogP contribution in [0.15, 0.2) is 42.5 Å². The summed E-state index contributed by atoms with van der Waals surface area (Å²) in [5.41, 5.74) is 17.1. The van der Waals surface area contributed by atoms with Crippen molar-refractivity contribution in [2.75, 3.05) is 5.73 Å². The molecule has 1 unspecified atom stereocenters. The van der Waals surface area contributed by atoms with E-state index in [4.69, 9.17) is 33.5 Å². The van der Waals surface area contributed by atoms with Gasteiger partial charge >= 0.3 is 5.97 Å². The summed E-state index contributed by atoms with van der Waals surface area (Å²) in [6.07, 6.45) is -1.03. The Morgan fingerprint density at radius 2 is 1.81 bits per heavy atom. The number of anilines is 1. The third-order valence-electron chi connectivity index (χ3n) is 3.76. The Kier molecular flexibility index (Phi) is 5.63. The molecule has 0 heterocycles. The van der Waals surface area contributed by atoms with E-state index in [1.54, 1.807) is 63.2 Å². The van der Waals surface area contributed by atoms with E-state index in [1.165, 1.54) is 0 Å². The molecule has 0 saturated carbocycles. The molecular formula is C19H24ClN3O3. The molecule has 1 atom stereocenters. The fraction of sp³-hybridized carbons (Fsp3) is 0.316. The largest absolute Gasteiger partial charge is 0.457 e. The average Bonchev–Trinajstić information content (AvgIpc) is 2.53. The number of hydrogen-bond donors (Lipinski definition) is 4. The first-order chi connectivity index (χ1) is 11.9. The van der Waals surface area contributed by atoms with E-state index in [-0.39, 0.29) is 0 Å². The molecule has 2 aromatic carbocycles. The topological polar surface area (TPSA) is 125 Å². The second-order valence-corrected chi connectivity index (χ2v) is 7.61. The molecule has 140 valence electrons. The Hall–Kier alpha value is -2.12. The number of halogens is 1. The first kappa shape index (κ1) is 20.2. The van der Waals surface area contributed by atoms with Crippen LogP contribution in [0, 0.1) is 0 Å². The van der Waals surface area contributed by atoms with E-state index in [0.29, 0.717) is 27.4 Å². The van der Waals surface area contributed by atoms with Crippen LogP contribution in [0.3, 0.4) is 0 Å². The number of carbonyl (C=O) groups excluding carboxylic acids is 1. The molecule has 0 aliphatic heterocycles. The van der Waals surface area contributed by atoms with Gasteiger partial charge in [0.25, 0.3) is 0 Å². The van der Waals surface area contributed by atoms with Crippen LogP contribution in [0.25, 0.3) is 0 Å². The molecule has 6 nitrogen and oxygen atoms in total. The summed E-state index contributed by atoms with van der Waals surface area (Å²) < 4.78 is 5.29. The summed E-state index contributed by atoms with van der Waals surface area (Å²) >= 11 is 5.89. The molecule has 0 aliphatic carbocycles. The Balaban J connectivity index is 2.36. The predicted molar refractivity (Wildman–Crippen MR) is 102 cm³/mol. The molecule has 0 bridgehead atoms. The second-order valence-electron chi connectivity index (χ2n) is 7.17. The van der Waals surface area contributed by atoms with Gasteiger partial charge < -0.3 is 27.0 Å². The van der Waals surface area contributed by atoms with Crippen molar-refractivity contribution in [3.05, 3.63) is 64.2 Å². The van der Waals surface area contributed by atoms with Crippen LogP contribution in [-0.4, -0.2) is 16.7 Å². The highest BCUT2D eigenvalue weighted by Gasteiger charge is 2.36. The highest BCUT2D eigenvalue weighted by atomic mass is 35.5. The minimum atomic E-state index is -1.85. The maximum atomic E-state index is 12.4. The standard InChI is InChI=1S/C19H24ClN3O3/c1-18(2,3)26-17(25)19(22,23)12-6-4-5-11(9-12)16(24)14-8-7-13(20)10-15(14)21/h4-10,16,24H,21-23H2,1-3H3. The third kappa shape index (κ3) is 4.53. The summed E-state index contributed by atoms with van der Waals surface area (Å²) in [7, 11) is 0. The molecular weight excluding hydrogens is 354 g/mol. The molecule has 2 aromatic rings. The van der Waals surface area contributed by atoms with E-state index < -0.39 is 23.3 Å². The normalized spacial score (nSPS) is 13.3. The number of esters is 1. The molecule has 0 amide bonds. The Bertz CT molecular complexity index is 816. The number of carbonyl (C=O) groups is 1. The van der Waals surface area contributed by atoms with Gasteiger partial charge in [-0.1, -0.05) is 35.9 Å². The first-order valence-corrected chi connectivity index (χ1v) is 8.44. The molecule has 0 spiro atoms. The zero-order valence-electron chi connectivity index (χ0n) is 15.0. The van der Waals surface area contributed by atoms with Gasteiger partial charge in [-0.25, -0.2) is 4.79 Å². The lowest BCUT2D eigenvalue weighted by atomic mass is 9.94. The fourth-order valence-electron chi connectivity index (χ4n) is 2.42. The highest BCUT2D eigenvalue weighted by molar-refractivity contribution is 6.30. The zero-order chi connectivity index (χ0) is 19.7. The fourth-order valence-corrected chi connectivity index (χ4v) is 2.60. The van der Waals surface area contributed by atoms with E-state index in [1.807, 2.05) is 0 Å². The van der Waals surface area contributed by atoms with Crippen molar-refractivity contribution in [1.29, 1.82) is 0 Å². The maximum Gasteiger partial charge on any atom is 0.346 e. The maximum absolute atomic E-state index is 12.4. The van der Waals surface area contributed by atoms with Gasteiger partial charge in [-0.2, -0.15) is 0 Å². The SMILES string of the molecule is CC(C)(C)OC(=O)C(N)(N)c1cccc(C(O)c2ccc(Cl)cc2N)c1.